The molecule has 0 aliphatic rings. The molecule has 2 heterocycles. The van der Waals surface area contributed by atoms with Gasteiger partial charge in [0.05, 0.1) is 12.4 Å². The second kappa shape index (κ2) is 6.42. The summed E-state index contributed by atoms with van der Waals surface area (Å²) in [6.45, 7) is 3.79. The van der Waals surface area contributed by atoms with Crippen molar-refractivity contribution in [2.45, 2.75) is 24.8 Å². The highest BCUT2D eigenvalue weighted by Gasteiger charge is 2.12. The molecule has 0 spiro atoms. The fraction of sp³-hybridized carbons (Fsp3) is 0.308. The van der Waals surface area contributed by atoms with Gasteiger partial charge in [0.15, 0.2) is 5.16 Å². The molecule has 0 aromatic carbocycles. The minimum atomic E-state index is -0.481. The molecule has 2 rings (SSSR count). The highest BCUT2D eigenvalue weighted by Crippen LogP contribution is 2.20. The van der Waals surface area contributed by atoms with Crippen molar-refractivity contribution in [3.8, 4) is 0 Å². The molecular weight excluding hydrogens is 280 g/mol. The molecule has 0 amide bonds. The number of esters is 1. The van der Waals surface area contributed by atoms with Crippen molar-refractivity contribution >= 4 is 17.7 Å². The molecule has 0 aliphatic heterocycles. The predicted molar refractivity (Wildman–Crippen MR) is 73.8 cm³/mol. The zero-order chi connectivity index (χ0) is 14.5. The van der Waals surface area contributed by atoms with Crippen molar-refractivity contribution < 1.29 is 13.9 Å². The van der Waals surface area contributed by atoms with Gasteiger partial charge in [-0.15, -0.1) is 0 Å². The van der Waals surface area contributed by atoms with Gasteiger partial charge in [-0.25, -0.2) is 9.78 Å². The van der Waals surface area contributed by atoms with Gasteiger partial charge < -0.3 is 14.1 Å². The summed E-state index contributed by atoms with van der Waals surface area (Å²) < 4.78 is 10.2. The highest BCUT2D eigenvalue weighted by atomic mass is 32.2. The summed E-state index contributed by atoms with van der Waals surface area (Å²) in [6, 6.07) is 4.70. The first-order valence-corrected chi connectivity index (χ1v) is 7.03. The highest BCUT2D eigenvalue weighted by molar-refractivity contribution is 7.98. The number of aromatic amines is 1. The Morgan fingerprint density at radius 1 is 1.50 bits per heavy atom. The molecule has 6 nitrogen and oxygen atoms in total. The Morgan fingerprint density at radius 3 is 3.00 bits per heavy atom. The van der Waals surface area contributed by atoms with Gasteiger partial charge in [0.25, 0.3) is 5.56 Å². The van der Waals surface area contributed by atoms with E-state index in [1.165, 1.54) is 17.8 Å². The maximum absolute atomic E-state index is 11.4. The van der Waals surface area contributed by atoms with Crippen LogP contribution >= 0.6 is 11.8 Å². The third-order valence-corrected chi connectivity index (χ3v) is 3.23. The Kier molecular flexibility index (Phi) is 4.62. The van der Waals surface area contributed by atoms with Crippen LogP contribution in [-0.2, 0) is 10.5 Å². The predicted octanol–water partition coefficient (Wildman–Crippen LogP) is 2.14. The first-order valence-electron chi connectivity index (χ1n) is 6.05. The molecule has 20 heavy (non-hydrogen) atoms. The standard InChI is InChI=1S/C13H14N2O4S/c1-3-18-12(17)10-5-4-9(19-10)7-20-13-14-8(2)6-11(16)15-13/h4-6H,3,7H2,1-2H3,(H,14,15,16). The first kappa shape index (κ1) is 14.4. The van der Waals surface area contributed by atoms with Gasteiger partial charge in [-0.1, -0.05) is 11.8 Å². The van der Waals surface area contributed by atoms with E-state index in [4.69, 9.17) is 9.15 Å². The number of hydrogen-bond acceptors (Lipinski definition) is 6. The van der Waals surface area contributed by atoms with Crippen LogP contribution in [0, 0.1) is 6.92 Å². The van der Waals surface area contributed by atoms with E-state index in [2.05, 4.69) is 9.97 Å². The molecule has 0 saturated heterocycles. The van der Waals surface area contributed by atoms with E-state index in [1.54, 1.807) is 26.0 Å². The van der Waals surface area contributed by atoms with Gasteiger partial charge >= 0.3 is 5.97 Å². The summed E-state index contributed by atoms with van der Waals surface area (Å²) in [5.41, 5.74) is 0.467. The van der Waals surface area contributed by atoms with Gasteiger partial charge in [0.2, 0.25) is 5.76 Å². The van der Waals surface area contributed by atoms with E-state index in [0.717, 1.165) is 0 Å². The minimum Gasteiger partial charge on any atom is -0.460 e. The van der Waals surface area contributed by atoms with Crippen LogP contribution in [0.5, 0.6) is 0 Å². The molecule has 0 saturated carbocycles. The van der Waals surface area contributed by atoms with E-state index >= 15 is 0 Å². The molecule has 7 heteroatoms. The van der Waals surface area contributed by atoms with Crippen molar-refractivity contribution in [3.63, 3.8) is 0 Å². The van der Waals surface area contributed by atoms with Crippen LogP contribution < -0.4 is 5.56 Å². The van der Waals surface area contributed by atoms with Crippen molar-refractivity contribution in [1.82, 2.24) is 9.97 Å². The van der Waals surface area contributed by atoms with Crippen LogP contribution in [0.25, 0.3) is 0 Å². The monoisotopic (exact) mass is 294 g/mol. The number of aryl methyl sites for hydroxylation is 1. The lowest BCUT2D eigenvalue weighted by Crippen LogP contribution is -2.07. The van der Waals surface area contributed by atoms with Gasteiger partial charge in [-0.2, -0.15) is 0 Å². The zero-order valence-electron chi connectivity index (χ0n) is 11.1. The minimum absolute atomic E-state index is 0.174. The number of rotatable bonds is 5. The second-order valence-corrected chi connectivity index (χ2v) is 4.93. The average Bonchev–Trinajstić information content (AvgIpc) is 2.84. The number of carbonyl (C=O) groups is 1. The van der Waals surface area contributed by atoms with E-state index in [1.807, 2.05) is 0 Å². The Bertz CT molecular complexity index is 662. The lowest BCUT2D eigenvalue weighted by Gasteiger charge is -2.00. The Labute approximate surface area is 119 Å². The van der Waals surface area contributed by atoms with Crippen molar-refractivity contribution in [2.24, 2.45) is 0 Å². The van der Waals surface area contributed by atoms with Gasteiger partial charge in [0, 0.05) is 11.8 Å². The molecule has 106 valence electrons. The number of hydrogen-bond donors (Lipinski definition) is 1. The lowest BCUT2D eigenvalue weighted by molar-refractivity contribution is 0.0488. The average molecular weight is 294 g/mol. The normalized spacial score (nSPS) is 10.5. The molecule has 1 N–H and O–H groups in total. The van der Waals surface area contributed by atoms with Crippen LogP contribution in [0.15, 0.2) is 32.6 Å². The SMILES string of the molecule is CCOC(=O)c1ccc(CSc2nc(C)cc(=O)[nH]2)o1. The fourth-order valence-electron chi connectivity index (χ4n) is 1.53. The van der Waals surface area contributed by atoms with Crippen molar-refractivity contribution in [3.05, 3.63) is 45.8 Å². The van der Waals surface area contributed by atoms with Crippen LogP contribution in [0.2, 0.25) is 0 Å². The van der Waals surface area contributed by atoms with Gasteiger partial charge in [-0.3, -0.25) is 4.79 Å². The maximum Gasteiger partial charge on any atom is 0.374 e. The van der Waals surface area contributed by atoms with Crippen molar-refractivity contribution in [1.29, 1.82) is 0 Å². The number of thioether (sulfide) groups is 1. The molecule has 0 unspecified atom stereocenters. The quantitative estimate of drug-likeness (QED) is 0.516. The maximum atomic E-state index is 11.4. The summed E-state index contributed by atoms with van der Waals surface area (Å²) in [5.74, 6) is 0.771. The van der Waals surface area contributed by atoms with E-state index in [-0.39, 0.29) is 11.3 Å². The summed E-state index contributed by atoms with van der Waals surface area (Å²) in [7, 11) is 0. The first-order chi connectivity index (χ1) is 9.58. The topological polar surface area (TPSA) is 85.2 Å². The summed E-state index contributed by atoms with van der Waals surface area (Å²) in [5, 5.41) is 0.518. The smallest absolute Gasteiger partial charge is 0.374 e. The fourth-order valence-corrected chi connectivity index (χ4v) is 2.34. The van der Waals surface area contributed by atoms with E-state index in [0.29, 0.717) is 29.0 Å². The molecule has 0 radical (unpaired) electrons. The molecule has 2 aromatic rings. The molecule has 0 aliphatic carbocycles. The van der Waals surface area contributed by atoms with E-state index in [9.17, 15) is 9.59 Å². The van der Waals surface area contributed by atoms with Gasteiger partial charge in [-0.05, 0) is 26.0 Å². The van der Waals surface area contributed by atoms with E-state index < -0.39 is 5.97 Å². The van der Waals surface area contributed by atoms with Crippen LogP contribution in [0.1, 0.15) is 28.9 Å². The summed E-state index contributed by atoms with van der Waals surface area (Å²) in [6.07, 6.45) is 0. The molecule has 0 bridgehead atoms. The third-order valence-electron chi connectivity index (χ3n) is 2.34. The van der Waals surface area contributed by atoms with Crippen molar-refractivity contribution in [2.75, 3.05) is 6.61 Å². The van der Waals surface area contributed by atoms with Crippen LogP contribution in [0.4, 0.5) is 0 Å². The molecule has 2 aromatic heterocycles. The number of carbonyl (C=O) groups excluding carboxylic acids is 1. The number of ether oxygens (including phenoxy) is 1. The van der Waals surface area contributed by atoms with Crippen LogP contribution in [-0.4, -0.2) is 22.5 Å². The Balaban J connectivity index is 2.00. The molecule has 0 atom stereocenters. The van der Waals surface area contributed by atoms with Gasteiger partial charge in [0.1, 0.15) is 5.76 Å². The second-order valence-electron chi connectivity index (χ2n) is 3.97. The largest absolute Gasteiger partial charge is 0.460 e. The number of H-pyrrole nitrogens is 1. The molecular formula is C13H14N2O4S. The third kappa shape index (κ3) is 3.74. The Hall–Kier alpha value is -2.02. The zero-order valence-corrected chi connectivity index (χ0v) is 12.0. The molecule has 0 fully saturated rings. The van der Waals surface area contributed by atoms with Crippen LogP contribution in [0.3, 0.4) is 0 Å². The summed E-state index contributed by atoms with van der Waals surface area (Å²) in [4.78, 5) is 29.6. The number of aromatic nitrogens is 2. The Morgan fingerprint density at radius 2 is 2.30 bits per heavy atom. The lowest BCUT2D eigenvalue weighted by atomic mass is 10.4. The number of nitrogens with one attached hydrogen (secondary N) is 1. The number of nitrogens with zero attached hydrogens (tertiary/aromatic N) is 1. The number of furan rings is 1. The summed E-state index contributed by atoms with van der Waals surface area (Å²) >= 11 is 1.33.